The average molecular weight is 514 g/mol. The molecule has 3 aromatic carbocycles. The van der Waals surface area contributed by atoms with Crippen LogP contribution in [0.1, 0.15) is 16.7 Å². The SMILES string of the molecule is COc1ccc(S(=O)(=O)N(CC(=O)Nc2cccc([N+](=O)[O-])c2C)c2cc(C)cc(C)c2)cc1OC. The molecule has 1 N–H and O–H groups in total. The molecule has 0 heterocycles. The number of anilines is 2. The van der Waals surface area contributed by atoms with Crippen molar-refractivity contribution in [3.63, 3.8) is 0 Å². The normalized spacial score (nSPS) is 11.0. The van der Waals surface area contributed by atoms with E-state index in [9.17, 15) is 23.3 Å². The van der Waals surface area contributed by atoms with Crippen LogP contribution in [-0.2, 0) is 14.8 Å². The number of rotatable bonds is 9. The minimum absolute atomic E-state index is 0.0985. The first kappa shape index (κ1) is 26.5. The number of carbonyl (C=O) groups excluding carboxylic acids is 1. The molecule has 11 heteroatoms. The lowest BCUT2D eigenvalue weighted by Crippen LogP contribution is -2.38. The Labute approximate surface area is 209 Å². The Morgan fingerprint density at radius 3 is 2.19 bits per heavy atom. The maximum Gasteiger partial charge on any atom is 0.274 e. The van der Waals surface area contributed by atoms with E-state index in [1.54, 1.807) is 12.1 Å². The quantitative estimate of drug-likeness (QED) is 0.332. The number of aryl methyl sites for hydroxylation is 2. The summed E-state index contributed by atoms with van der Waals surface area (Å²) < 4.78 is 39.0. The number of methoxy groups -OCH3 is 2. The number of benzene rings is 3. The van der Waals surface area contributed by atoms with Crippen LogP contribution < -0.4 is 19.1 Å². The van der Waals surface area contributed by atoms with Crippen molar-refractivity contribution in [2.24, 2.45) is 0 Å². The molecule has 190 valence electrons. The van der Waals surface area contributed by atoms with E-state index in [4.69, 9.17) is 9.47 Å². The van der Waals surface area contributed by atoms with Crippen molar-refractivity contribution in [1.29, 1.82) is 0 Å². The predicted octanol–water partition coefficient (Wildman–Crippen LogP) is 4.37. The Kier molecular flexibility index (Phi) is 7.83. The van der Waals surface area contributed by atoms with Crippen molar-refractivity contribution < 1.29 is 27.6 Å². The van der Waals surface area contributed by atoms with Gasteiger partial charge in [0.15, 0.2) is 11.5 Å². The van der Waals surface area contributed by atoms with E-state index in [1.807, 2.05) is 19.9 Å². The molecule has 0 aliphatic heterocycles. The second-order valence-electron chi connectivity index (χ2n) is 8.13. The van der Waals surface area contributed by atoms with Crippen LogP contribution in [0.3, 0.4) is 0 Å². The highest BCUT2D eigenvalue weighted by molar-refractivity contribution is 7.92. The van der Waals surface area contributed by atoms with Gasteiger partial charge in [-0.25, -0.2) is 8.42 Å². The van der Waals surface area contributed by atoms with E-state index in [0.29, 0.717) is 11.4 Å². The molecule has 0 saturated carbocycles. The fourth-order valence-electron chi connectivity index (χ4n) is 3.79. The molecular weight excluding hydrogens is 486 g/mol. The second kappa shape index (κ2) is 10.6. The van der Waals surface area contributed by atoms with Gasteiger partial charge in [-0.15, -0.1) is 0 Å². The van der Waals surface area contributed by atoms with Gasteiger partial charge in [0.05, 0.1) is 41.0 Å². The molecule has 0 radical (unpaired) electrons. The highest BCUT2D eigenvalue weighted by atomic mass is 32.2. The summed E-state index contributed by atoms with van der Waals surface area (Å²) in [6.45, 7) is 4.59. The van der Waals surface area contributed by atoms with Crippen LogP contribution in [-0.4, -0.2) is 40.0 Å². The lowest BCUT2D eigenvalue weighted by molar-refractivity contribution is -0.385. The smallest absolute Gasteiger partial charge is 0.274 e. The first-order chi connectivity index (χ1) is 17.0. The molecule has 0 aromatic heterocycles. The molecule has 0 saturated heterocycles. The minimum Gasteiger partial charge on any atom is -0.493 e. The molecule has 0 aliphatic rings. The Balaban J connectivity index is 2.05. The van der Waals surface area contributed by atoms with Crippen LogP contribution in [0, 0.1) is 30.9 Å². The van der Waals surface area contributed by atoms with Gasteiger partial charge < -0.3 is 14.8 Å². The number of nitro groups is 1. The minimum atomic E-state index is -4.24. The summed E-state index contributed by atoms with van der Waals surface area (Å²) in [5.41, 5.74) is 2.25. The van der Waals surface area contributed by atoms with E-state index >= 15 is 0 Å². The molecular formula is C25H27N3O7S. The Morgan fingerprint density at radius 1 is 0.972 bits per heavy atom. The van der Waals surface area contributed by atoms with Gasteiger partial charge in [0.1, 0.15) is 6.54 Å². The number of hydrogen-bond donors (Lipinski definition) is 1. The Morgan fingerprint density at radius 2 is 1.61 bits per heavy atom. The van der Waals surface area contributed by atoms with E-state index in [-0.39, 0.29) is 27.6 Å². The molecule has 0 bridgehead atoms. The van der Waals surface area contributed by atoms with Crippen LogP contribution in [0.15, 0.2) is 59.5 Å². The fraction of sp³-hybridized carbons (Fsp3) is 0.240. The number of nitrogens with one attached hydrogen (secondary N) is 1. The molecule has 3 rings (SSSR count). The van der Waals surface area contributed by atoms with Crippen LogP contribution in [0.25, 0.3) is 0 Å². The fourth-order valence-corrected chi connectivity index (χ4v) is 5.21. The average Bonchev–Trinajstić information content (AvgIpc) is 2.82. The van der Waals surface area contributed by atoms with Crippen LogP contribution in [0.4, 0.5) is 17.1 Å². The summed E-state index contributed by atoms with van der Waals surface area (Å²) in [5.74, 6) is -0.0919. The van der Waals surface area contributed by atoms with E-state index in [1.165, 1.54) is 57.5 Å². The number of amides is 1. The number of nitrogens with zero attached hydrogens (tertiary/aromatic N) is 2. The van der Waals surface area contributed by atoms with E-state index < -0.39 is 27.4 Å². The summed E-state index contributed by atoms with van der Waals surface area (Å²) in [4.78, 5) is 23.7. The van der Waals surface area contributed by atoms with Crippen molar-refractivity contribution in [3.8, 4) is 11.5 Å². The summed E-state index contributed by atoms with van der Waals surface area (Å²) in [6.07, 6.45) is 0. The lowest BCUT2D eigenvalue weighted by atomic mass is 10.1. The molecule has 0 spiro atoms. The van der Waals surface area contributed by atoms with Crippen molar-refractivity contribution in [3.05, 3.63) is 81.4 Å². The highest BCUT2D eigenvalue weighted by Crippen LogP contribution is 2.33. The topological polar surface area (TPSA) is 128 Å². The summed E-state index contributed by atoms with van der Waals surface area (Å²) in [7, 11) is -1.40. The van der Waals surface area contributed by atoms with Gasteiger partial charge in [-0.05, 0) is 62.2 Å². The van der Waals surface area contributed by atoms with Gasteiger partial charge in [0.2, 0.25) is 5.91 Å². The number of carbonyl (C=O) groups is 1. The first-order valence-corrected chi connectivity index (χ1v) is 12.3. The summed E-state index contributed by atoms with van der Waals surface area (Å²) in [5, 5.41) is 13.9. The monoisotopic (exact) mass is 513 g/mol. The standard InChI is InChI=1S/C25H27N3O7S/c1-16-11-17(2)13-19(12-16)27(36(32,33)20-9-10-23(34-4)24(14-20)35-5)15-25(29)26-21-7-6-8-22(18(21)3)28(30)31/h6-14H,15H2,1-5H3,(H,26,29). The van der Waals surface area contributed by atoms with Crippen molar-refractivity contribution in [1.82, 2.24) is 0 Å². The number of nitro benzene ring substituents is 1. The van der Waals surface area contributed by atoms with Gasteiger partial charge in [-0.3, -0.25) is 19.2 Å². The zero-order valence-corrected chi connectivity index (χ0v) is 21.4. The Bertz CT molecular complexity index is 1400. The van der Waals surface area contributed by atoms with Crippen LogP contribution in [0.5, 0.6) is 11.5 Å². The third-order valence-corrected chi connectivity index (χ3v) is 7.27. The zero-order chi connectivity index (χ0) is 26.6. The number of sulfonamides is 1. The summed E-state index contributed by atoms with van der Waals surface area (Å²) in [6, 6.07) is 13.7. The molecule has 10 nitrogen and oxygen atoms in total. The summed E-state index contributed by atoms with van der Waals surface area (Å²) >= 11 is 0. The van der Waals surface area contributed by atoms with Crippen molar-refractivity contribution >= 4 is 33.0 Å². The molecule has 0 aliphatic carbocycles. The van der Waals surface area contributed by atoms with Gasteiger partial charge in [-0.2, -0.15) is 0 Å². The molecule has 36 heavy (non-hydrogen) atoms. The van der Waals surface area contributed by atoms with Crippen LogP contribution in [0.2, 0.25) is 0 Å². The highest BCUT2D eigenvalue weighted by Gasteiger charge is 2.29. The van der Waals surface area contributed by atoms with Gasteiger partial charge in [0.25, 0.3) is 15.7 Å². The van der Waals surface area contributed by atoms with E-state index in [2.05, 4.69) is 5.32 Å². The maximum absolute atomic E-state index is 13.8. The molecule has 3 aromatic rings. The van der Waals surface area contributed by atoms with Gasteiger partial charge >= 0.3 is 0 Å². The zero-order valence-electron chi connectivity index (χ0n) is 20.6. The molecule has 0 fully saturated rings. The molecule has 1 amide bonds. The maximum atomic E-state index is 13.8. The van der Waals surface area contributed by atoms with Gasteiger partial charge in [-0.1, -0.05) is 12.1 Å². The third-order valence-electron chi connectivity index (χ3n) is 5.50. The molecule has 0 unspecified atom stereocenters. The van der Waals surface area contributed by atoms with Crippen LogP contribution >= 0.6 is 0 Å². The lowest BCUT2D eigenvalue weighted by Gasteiger charge is -2.25. The Hall–Kier alpha value is -4.12. The van der Waals surface area contributed by atoms with Crippen molar-refractivity contribution in [2.45, 2.75) is 25.7 Å². The number of hydrogen-bond acceptors (Lipinski definition) is 7. The largest absolute Gasteiger partial charge is 0.493 e. The number of ether oxygens (including phenoxy) is 2. The van der Waals surface area contributed by atoms with Gasteiger partial charge in [0, 0.05) is 12.1 Å². The second-order valence-corrected chi connectivity index (χ2v) is 9.99. The first-order valence-electron chi connectivity index (χ1n) is 10.8. The molecule has 0 atom stereocenters. The predicted molar refractivity (Wildman–Crippen MR) is 136 cm³/mol. The third kappa shape index (κ3) is 5.57. The van der Waals surface area contributed by atoms with E-state index in [0.717, 1.165) is 15.4 Å². The van der Waals surface area contributed by atoms with Crippen molar-refractivity contribution in [2.75, 3.05) is 30.4 Å².